The molecule has 0 bridgehead atoms. The van der Waals surface area contributed by atoms with Crippen LogP contribution in [0.5, 0.6) is 0 Å². The zero-order valence-electron chi connectivity index (χ0n) is 28.3. The molecule has 0 aromatic carbocycles. The molecule has 0 amide bonds. The number of ether oxygens (including phenoxy) is 1. The Morgan fingerprint density at radius 2 is 1.59 bits per heavy atom. The van der Waals surface area contributed by atoms with Crippen molar-refractivity contribution in [1.29, 1.82) is 0 Å². The minimum atomic E-state index is -1.21. The van der Waals surface area contributed by atoms with Crippen molar-refractivity contribution in [3.63, 3.8) is 0 Å². The predicted octanol–water partition coefficient (Wildman–Crippen LogP) is 3.02. The third-order valence-electron chi connectivity index (χ3n) is 14.2. The van der Waals surface area contributed by atoms with E-state index in [1.165, 1.54) is 5.57 Å². The van der Waals surface area contributed by atoms with Crippen molar-refractivity contribution in [3.05, 3.63) is 11.6 Å². The topological polar surface area (TPSA) is 136 Å². The van der Waals surface area contributed by atoms with Crippen molar-refractivity contribution in [3.8, 4) is 0 Å². The second-order valence-electron chi connectivity index (χ2n) is 16.7. The van der Waals surface area contributed by atoms with Crippen molar-refractivity contribution in [2.45, 2.75) is 125 Å². The van der Waals surface area contributed by atoms with E-state index in [2.05, 4.69) is 52.6 Å². The molecule has 8 nitrogen and oxygen atoms in total. The van der Waals surface area contributed by atoms with Gasteiger partial charge in [-0.2, -0.15) is 0 Å². The first-order valence-electron chi connectivity index (χ1n) is 16.4. The number of aliphatic carboxylic acids is 2. The number of aliphatic imine (C=N–C) groups is 1. The van der Waals surface area contributed by atoms with Crippen LogP contribution in [0.1, 0.15) is 119 Å². The van der Waals surface area contributed by atoms with E-state index in [0.29, 0.717) is 17.8 Å². The predicted molar refractivity (Wildman–Crippen MR) is 161 cm³/mol. The number of hydrogen-bond acceptors (Lipinski definition) is 6. The van der Waals surface area contributed by atoms with E-state index in [1.807, 2.05) is 6.92 Å². The summed E-state index contributed by atoms with van der Waals surface area (Å²) in [5.41, 5.74) is 0.926. The number of allylic oxidation sites excluding steroid dienone is 2. The SMILES string of the molecule is CC1(C)C(OC(=O)CC([O-])=NCC(=O)O)CC[C@]2(C)[C@H]3CC=C4[C@@H]5C[C@@](C)(C(=O)O)CC[C@]5(C)CC[C@@]4(C)[C@]3(C)CC[C@@H]12.[K+]. The first-order chi connectivity index (χ1) is 19.8. The van der Waals surface area contributed by atoms with Crippen LogP contribution in [0.25, 0.3) is 0 Å². The molecule has 0 radical (unpaired) electrons. The van der Waals surface area contributed by atoms with Gasteiger partial charge < -0.3 is 20.1 Å². The van der Waals surface area contributed by atoms with Crippen LogP contribution in [0.2, 0.25) is 0 Å². The molecule has 0 saturated heterocycles. The Morgan fingerprint density at radius 3 is 2.23 bits per heavy atom. The van der Waals surface area contributed by atoms with E-state index < -0.39 is 42.2 Å². The number of fused-ring (bicyclic) bond motifs is 7. The molecule has 0 spiro atoms. The number of esters is 1. The van der Waals surface area contributed by atoms with Gasteiger partial charge in [-0.25, -0.2) is 0 Å². The molecule has 2 N–H and O–H groups in total. The maximum atomic E-state index is 12.7. The summed E-state index contributed by atoms with van der Waals surface area (Å²) >= 11 is 0. The molecule has 9 heteroatoms. The number of carboxylic acid groups (broad SMARTS) is 2. The number of hydrogen-bond donors (Lipinski definition) is 2. The Kier molecular flexibility index (Phi) is 9.89. The zero-order valence-corrected chi connectivity index (χ0v) is 31.4. The quantitative estimate of drug-likeness (QED) is 0.150. The molecule has 0 aliphatic heterocycles. The minimum absolute atomic E-state index is 0. The van der Waals surface area contributed by atoms with E-state index in [1.54, 1.807) is 0 Å². The van der Waals surface area contributed by atoms with Crippen LogP contribution < -0.4 is 56.5 Å². The average Bonchev–Trinajstić information content (AvgIpc) is 2.90. The largest absolute Gasteiger partial charge is 1.00 e. The summed E-state index contributed by atoms with van der Waals surface area (Å²) in [5, 5.41) is 30.9. The van der Waals surface area contributed by atoms with Crippen molar-refractivity contribution < 1.29 is 85.8 Å². The Bertz CT molecular complexity index is 1260. The average molecular weight is 638 g/mol. The van der Waals surface area contributed by atoms with Gasteiger partial charge in [0.15, 0.2) is 0 Å². The van der Waals surface area contributed by atoms with Crippen LogP contribution in [0.4, 0.5) is 0 Å². The van der Waals surface area contributed by atoms with Crippen molar-refractivity contribution in [2.75, 3.05) is 6.54 Å². The van der Waals surface area contributed by atoms with E-state index in [9.17, 15) is 24.6 Å². The number of rotatable bonds is 6. The van der Waals surface area contributed by atoms with Crippen molar-refractivity contribution in [2.24, 2.45) is 55.2 Å². The number of carbonyl (C=O) groups is 3. The molecule has 9 atom stereocenters. The Morgan fingerprint density at radius 1 is 0.932 bits per heavy atom. The van der Waals surface area contributed by atoms with E-state index >= 15 is 0 Å². The van der Waals surface area contributed by atoms with Crippen LogP contribution in [-0.4, -0.2) is 46.7 Å². The van der Waals surface area contributed by atoms with Gasteiger partial charge in [0.25, 0.3) is 0 Å². The van der Waals surface area contributed by atoms with Gasteiger partial charge >= 0.3 is 69.3 Å². The van der Waals surface area contributed by atoms with Crippen LogP contribution in [0.3, 0.4) is 0 Å². The molecule has 4 saturated carbocycles. The van der Waals surface area contributed by atoms with Gasteiger partial charge in [-0.05, 0) is 116 Å². The molecule has 0 aromatic heterocycles. The third-order valence-corrected chi connectivity index (χ3v) is 14.2. The molecule has 5 aliphatic carbocycles. The summed E-state index contributed by atoms with van der Waals surface area (Å²) in [6, 6.07) is 0. The fourth-order valence-corrected chi connectivity index (χ4v) is 11.3. The Labute approximate surface area is 305 Å². The van der Waals surface area contributed by atoms with Gasteiger partial charge in [0.05, 0.1) is 11.8 Å². The fourth-order valence-electron chi connectivity index (χ4n) is 11.3. The van der Waals surface area contributed by atoms with Gasteiger partial charge in [-0.1, -0.05) is 53.2 Å². The smallest absolute Gasteiger partial charge is 0.862 e. The molecular formula is C35H52KNO7. The van der Waals surface area contributed by atoms with Crippen molar-refractivity contribution in [1.82, 2.24) is 0 Å². The first-order valence-corrected chi connectivity index (χ1v) is 16.4. The van der Waals surface area contributed by atoms with Crippen LogP contribution >= 0.6 is 0 Å². The first kappa shape index (κ1) is 36.1. The summed E-state index contributed by atoms with van der Waals surface area (Å²) in [6.45, 7) is 15.6. The van der Waals surface area contributed by atoms with E-state index in [-0.39, 0.29) is 84.6 Å². The second kappa shape index (κ2) is 12.1. The van der Waals surface area contributed by atoms with E-state index in [0.717, 1.165) is 64.2 Å². The van der Waals surface area contributed by atoms with Gasteiger partial charge in [0.1, 0.15) is 12.6 Å². The molecule has 4 fully saturated rings. The van der Waals surface area contributed by atoms with Crippen LogP contribution in [0.15, 0.2) is 16.6 Å². The summed E-state index contributed by atoms with van der Waals surface area (Å²) < 4.78 is 5.93. The van der Waals surface area contributed by atoms with Gasteiger partial charge in [0, 0.05) is 5.41 Å². The maximum Gasteiger partial charge on any atom is 1.00 e. The Hall–Kier alpha value is -0.744. The molecule has 0 heterocycles. The maximum absolute atomic E-state index is 12.7. The van der Waals surface area contributed by atoms with Gasteiger partial charge in [0.2, 0.25) is 0 Å². The second-order valence-corrected chi connectivity index (χ2v) is 16.7. The molecule has 5 rings (SSSR count). The third kappa shape index (κ3) is 5.60. The number of carboxylic acids is 2. The normalized spacial score (nSPS) is 44.3. The molecule has 44 heavy (non-hydrogen) atoms. The Balaban J connectivity index is 0.00000442. The van der Waals surface area contributed by atoms with Crippen molar-refractivity contribution >= 4 is 23.8 Å². The minimum Gasteiger partial charge on any atom is -0.862 e. The van der Waals surface area contributed by atoms with E-state index in [4.69, 9.17) is 9.84 Å². The summed E-state index contributed by atoms with van der Waals surface area (Å²) in [5.74, 6) is -2.15. The molecule has 1 unspecified atom stereocenters. The number of nitrogens with zero attached hydrogens (tertiary/aromatic N) is 1. The van der Waals surface area contributed by atoms with Gasteiger partial charge in [-0.15, -0.1) is 0 Å². The summed E-state index contributed by atoms with van der Waals surface area (Å²) in [4.78, 5) is 39.2. The molecule has 240 valence electrons. The van der Waals surface area contributed by atoms with Gasteiger partial charge in [-0.3, -0.25) is 19.4 Å². The summed E-state index contributed by atoms with van der Waals surface area (Å²) in [6.07, 6.45) is 11.2. The monoisotopic (exact) mass is 637 g/mol. The molecular weight excluding hydrogens is 585 g/mol. The standard InChI is InChI=1S/C35H53NO7.K/c1-30(2)23-10-13-35(7)24(33(23,5)12-11-25(30)43-28(40)18-26(37)36-20-27(38)39)9-8-21-22-19-32(4,29(41)42)15-14-31(22,3)16-17-34(21,35)6;/h8,22-25H,9-20H2,1-7H3,(H,36,37)(H,38,39)(H,41,42);/q;+1/p-1/t22-,23-,24+,25?,31+,32-,33-,34+,35+;/m0./s1. The molecule has 5 aliphatic rings. The van der Waals surface area contributed by atoms with Crippen LogP contribution in [0, 0.1) is 50.2 Å². The zero-order chi connectivity index (χ0) is 31.8. The number of carbonyl (C=O) groups excluding carboxylic acids is 1. The fraction of sp³-hybridized carbons (Fsp3) is 0.829. The molecule has 0 aromatic rings. The summed E-state index contributed by atoms with van der Waals surface area (Å²) in [7, 11) is 0. The van der Waals surface area contributed by atoms with Crippen LogP contribution in [-0.2, 0) is 19.1 Å².